The highest BCUT2D eigenvalue weighted by atomic mass is 19.1. The zero-order chi connectivity index (χ0) is 13.6. The van der Waals surface area contributed by atoms with Crippen molar-refractivity contribution < 1.29 is 14.6 Å². The number of β-amino-alcohol motifs (C(OH)–C–C–N with tert-alkyl or cyclic N) is 1. The summed E-state index contributed by atoms with van der Waals surface area (Å²) in [4.78, 5) is 0. The van der Waals surface area contributed by atoms with Crippen LogP contribution in [-0.4, -0.2) is 28.9 Å². The SMILES string of the molecule is CCC(CC)(CO)NCC(O)c1ccc(F)cc1. The van der Waals surface area contributed by atoms with Gasteiger partial charge < -0.3 is 15.5 Å². The molecule has 4 heteroatoms. The zero-order valence-electron chi connectivity index (χ0n) is 11.0. The van der Waals surface area contributed by atoms with Crippen molar-refractivity contribution in [3.63, 3.8) is 0 Å². The number of halogens is 1. The van der Waals surface area contributed by atoms with Crippen LogP contribution in [0.2, 0.25) is 0 Å². The molecule has 0 saturated heterocycles. The van der Waals surface area contributed by atoms with Crippen LogP contribution in [0.25, 0.3) is 0 Å². The van der Waals surface area contributed by atoms with E-state index in [0.717, 1.165) is 12.8 Å². The Morgan fingerprint density at radius 1 is 1.22 bits per heavy atom. The van der Waals surface area contributed by atoms with Gasteiger partial charge in [0.1, 0.15) is 5.82 Å². The quantitative estimate of drug-likeness (QED) is 0.698. The Kier molecular flexibility index (Phi) is 5.72. The molecule has 0 bridgehead atoms. The molecule has 3 nitrogen and oxygen atoms in total. The van der Waals surface area contributed by atoms with E-state index >= 15 is 0 Å². The third-order valence-electron chi connectivity index (χ3n) is 3.58. The van der Waals surface area contributed by atoms with Gasteiger partial charge in [-0.05, 0) is 30.5 Å². The molecular weight excluding hydrogens is 233 g/mol. The van der Waals surface area contributed by atoms with E-state index in [1.807, 2.05) is 13.8 Å². The van der Waals surface area contributed by atoms with Crippen LogP contribution >= 0.6 is 0 Å². The predicted molar refractivity (Wildman–Crippen MR) is 69.8 cm³/mol. The van der Waals surface area contributed by atoms with Gasteiger partial charge in [-0.15, -0.1) is 0 Å². The van der Waals surface area contributed by atoms with Gasteiger partial charge in [0, 0.05) is 12.1 Å². The lowest BCUT2D eigenvalue weighted by atomic mass is 9.93. The first-order chi connectivity index (χ1) is 8.56. The maximum Gasteiger partial charge on any atom is 0.123 e. The van der Waals surface area contributed by atoms with Crippen molar-refractivity contribution in [2.75, 3.05) is 13.2 Å². The lowest BCUT2D eigenvalue weighted by Crippen LogP contribution is -2.49. The third-order valence-corrected chi connectivity index (χ3v) is 3.58. The Balaban J connectivity index is 2.59. The van der Waals surface area contributed by atoms with Gasteiger partial charge in [-0.25, -0.2) is 4.39 Å². The average molecular weight is 255 g/mol. The Hall–Kier alpha value is -0.970. The van der Waals surface area contributed by atoms with E-state index in [0.29, 0.717) is 12.1 Å². The second-order valence-corrected chi connectivity index (χ2v) is 4.59. The maximum atomic E-state index is 12.8. The molecule has 102 valence electrons. The van der Waals surface area contributed by atoms with Crippen molar-refractivity contribution in [1.82, 2.24) is 5.32 Å². The highest BCUT2D eigenvalue weighted by Gasteiger charge is 2.25. The Labute approximate surface area is 108 Å². The fourth-order valence-corrected chi connectivity index (χ4v) is 1.90. The largest absolute Gasteiger partial charge is 0.394 e. The normalized spacial score (nSPS) is 13.6. The van der Waals surface area contributed by atoms with E-state index in [2.05, 4.69) is 5.32 Å². The molecule has 1 unspecified atom stereocenters. The predicted octanol–water partition coefficient (Wildman–Crippen LogP) is 2.00. The van der Waals surface area contributed by atoms with E-state index in [1.165, 1.54) is 12.1 Å². The van der Waals surface area contributed by atoms with E-state index < -0.39 is 6.10 Å². The second-order valence-electron chi connectivity index (χ2n) is 4.59. The summed E-state index contributed by atoms with van der Waals surface area (Å²) >= 11 is 0. The lowest BCUT2D eigenvalue weighted by molar-refractivity contribution is 0.114. The Bertz CT molecular complexity index is 341. The fourth-order valence-electron chi connectivity index (χ4n) is 1.90. The first-order valence-electron chi connectivity index (χ1n) is 6.36. The van der Waals surface area contributed by atoms with Gasteiger partial charge in [0.15, 0.2) is 0 Å². The molecule has 0 spiro atoms. The fraction of sp³-hybridized carbons (Fsp3) is 0.571. The number of aliphatic hydroxyl groups is 2. The molecule has 18 heavy (non-hydrogen) atoms. The summed E-state index contributed by atoms with van der Waals surface area (Å²) in [6, 6.07) is 5.80. The number of rotatable bonds is 7. The molecular formula is C14H22FNO2. The Morgan fingerprint density at radius 2 is 1.78 bits per heavy atom. The molecule has 1 rings (SSSR count). The van der Waals surface area contributed by atoms with Crippen LogP contribution in [0.15, 0.2) is 24.3 Å². The van der Waals surface area contributed by atoms with Crippen LogP contribution in [0.4, 0.5) is 4.39 Å². The maximum absolute atomic E-state index is 12.8. The minimum atomic E-state index is -0.699. The molecule has 0 fully saturated rings. The zero-order valence-corrected chi connectivity index (χ0v) is 11.0. The van der Waals surface area contributed by atoms with Gasteiger partial charge in [-0.2, -0.15) is 0 Å². The van der Waals surface area contributed by atoms with Crippen molar-refractivity contribution in [3.8, 4) is 0 Å². The first-order valence-corrected chi connectivity index (χ1v) is 6.36. The highest BCUT2D eigenvalue weighted by molar-refractivity contribution is 5.18. The topological polar surface area (TPSA) is 52.5 Å². The van der Waals surface area contributed by atoms with Gasteiger partial charge in [-0.1, -0.05) is 26.0 Å². The number of hydrogen-bond acceptors (Lipinski definition) is 3. The molecule has 0 heterocycles. The van der Waals surface area contributed by atoms with Crippen molar-refractivity contribution in [2.45, 2.75) is 38.3 Å². The van der Waals surface area contributed by atoms with E-state index in [9.17, 15) is 14.6 Å². The molecule has 0 amide bonds. The summed E-state index contributed by atoms with van der Waals surface area (Å²) in [6.07, 6.45) is 0.876. The summed E-state index contributed by atoms with van der Waals surface area (Å²) < 4.78 is 12.8. The van der Waals surface area contributed by atoms with Crippen molar-refractivity contribution in [1.29, 1.82) is 0 Å². The average Bonchev–Trinajstić information content (AvgIpc) is 2.41. The number of hydrogen-bond donors (Lipinski definition) is 3. The van der Waals surface area contributed by atoms with Crippen molar-refractivity contribution >= 4 is 0 Å². The molecule has 1 aromatic carbocycles. The van der Waals surface area contributed by atoms with E-state index in [-0.39, 0.29) is 18.0 Å². The van der Waals surface area contributed by atoms with E-state index in [1.54, 1.807) is 12.1 Å². The summed E-state index contributed by atoms with van der Waals surface area (Å²) in [7, 11) is 0. The molecule has 0 saturated carbocycles. The molecule has 0 aliphatic carbocycles. The van der Waals surface area contributed by atoms with Gasteiger partial charge in [0.2, 0.25) is 0 Å². The molecule has 3 N–H and O–H groups in total. The third kappa shape index (κ3) is 3.77. The van der Waals surface area contributed by atoms with Crippen LogP contribution < -0.4 is 5.32 Å². The van der Waals surface area contributed by atoms with E-state index in [4.69, 9.17) is 0 Å². The number of benzene rings is 1. The summed E-state index contributed by atoms with van der Waals surface area (Å²) in [5.41, 5.74) is 0.323. The van der Waals surface area contributed by atoms with Crippen LogP contribution in [0.1, 0.15) is 38.4 Å². The highest BCUT2D eigenvalue weighted by Crippen LogP contribution is 2.17. The van der Waals surface area contributed by atoms with Gasteiger partial charge in [0.25, 0.3) is 0 Å². The van der Waals surface area contributed by atoms with Crippen LogP contribution in [0, 0.1) is 5.82 Å². The van der Waals surface area contributed by atoms with Gasteiger partial charge in [0.05, 0.1) is 12.7 Å². The van der Waals surface area contributed by atoms with Crippen molar-refractivity contribution in [2.24, 2.45) is 0 Å². The summed E-state index contributed by atoms with van der Waals surface area (Å²) in [6.45, 7) is 4.37. The van der Waals surface area contributed by atoms with Crippen LogP contribution in [0.3, 0.4) is 0 Å². The molecule has 1 atom stereocenters. The van der Waals surface area contributed by atoms with Gasteiger partial charge >= 0.3 is 0 Å². The first kappa shape index (κ1) is 15.1. The lowest BCUT2D eigenvalue weighted by Gasteiger charge is -2.32. The molecule has 0 aliphatic rings. The molecule has 0 aromatic heterocycles. The minimum Gasteiger partial charge on any atom is -0.394 e. The smallest absolute Gasteiger partial charge is 0.123 e. The van der Waals surface area contributed by atoms with Crippen LogP contribution in [0.5, 0.6) is 0 Å². The minimum absolute atomic E-state index is 0.0378. The van der Waals surface area contributed by atoms with Gasteiger partial charge in [-0.3, -0.25) is 0 Å². The number of nitrogens with one attached hydrogen (secondary N) is 1. The van der Waals surface area contributed by atoms with Crippen molar-refractivity contribution in [3.05, 3.63) is 35.6 Å². The Morgan fingerprint density at radius 3 is 2.22 bits per heavy atom. The van der Waals surface area contributed by atoms with Crippen LogP contribution in [-0.2, 0) is 0 Å². The molecule has 0 radical (unpaired) electrons. The standard InChI is InChI=1S/C14H22FNO2/c1-3-14(4-2,10-17)16-9-13(18)11-5-7-12(15)8-6-11/h5-8,13,16-18H,3-4,9-10H2,1-2H3. The molecule has 1 aromatic rings. The molecule has 0 aliphatic heterocycles. The number of aliphatic hydroxyl groups excluding tert-OH is 2. The monoisotopic (exact) mass is 255 g/mol. The summed E-state index contributed by atoms with van der Waals surface area (Å²) in [5.74, 6) is -0.314. The summed E-state index contributed by atoms with van der Waals surface area (Å²) in [5, 5.41) is 22.6. The second kappa shape index (κ2) is 6.83.